The summed E-state index contributed by atoms with van der Waals surface area (Å²) in [6, 6.07) is 0. The van der Waals surface area contributed by atoms with Gasteiger partial charge in [0.1, 0.15) is 0 Å². The van der Waals surface area contributed by atoms with Crippen LogP contribution < -0.4 is 0 Å². The molecule has 1 saturated heterocycles. The number of hydrogen-bond donors (Lipinski definition) is 1. The van der Waals surface area contributed by atoms with Crippen LogP contribution in [0.15, 0.2) is 12.2 Å². The van der Waals surface area contributed by atoms with Crippen LogP contribution in [0.1, 0.15) is 19.3 Å². The molecule has 1 heterocycles. The fourth-order valence-corrected chi connectivity index (χ4v) is 2.63. The monoisotopic (exact) mass is 238 g/mol. The van der Waals surface area contributed by atoms with Gasteiger partial charge in [-0.1, -0.05) is 12.2 Å². The largest absolute Gasteiger partial charge is 0.395 e. The highest BCUT2D eigenvalue weighted by molar-refractivity contribution is 5.79. The molecule has 1 fully saturated rings. The first-order valence-corrected chi connectivity index (χ1v) is 6.58. The first-order chi connectivity index (χ1) is 8.31. The quantitative estimate of drug-likeness (QED) is 0.727. The van der Waals surface area contributed by atoms with Gasteiger partial charge in [-0.3, -0.25) is 9.69 Å². The Bertz CT molecular complexity index is 283. The lowest BCUT2D eigenvalue weighted by atomic mass is 10.1. The third-order valence-corrected chi connectivity index (χ3v) is 3.67. The van der Waals surface area contributed by atoms with E-state index >= 15 is 0 Å². The molecular weight excluding hydrogens is 216 g/mol. The topological polar surface area (TPSA) is 43.8 Å². The van der Waals surface area contributed by atoms with Crippen LogP contribution in [0.5, 0.6) is 0 Å². The van der Waals surface area contributed by atoms with Crippen molar-refractivity contribution in [1.82, 2.24) is 9.80 Å². The van der Waals surface area contributed by atoms with Gasteiger partial charge in [0.2, 0.25) is 5.91 Å². The van der Waals surface area contributed by atoms with Gasteiger partial charge >= 0.3 is 0 Å². The van der Waals surface area contributed by atoms with Crippen molar-refractivity contribution in [3.05, 3.63) is 12.2 Å². The van der Waals surface area contributed by atoms with E-state index in [1.807, 2.05) is 4.90 Å². The highest BCUT2D eigenvalue weighted by Gasteiger charge is 2.26. The molecule has 4 nitrogen and oxygen atoms in total. The highest BCUT2D eigenvalue weighted by atomic mass is 16.3. The molecule has 17 heavy (non-hydrogen) atoms. The molecule has 0 radical (unpaired) electrons. The Morgan fingerprint density at radius 1 is 1.18 bits per heavy atom. The molecule has 0 unspecified atom stereocenters. The maximum absolute atomic E-state index is 12.2. The van der Waals surface area contributed by atoms with Gasteiger partial charge in [0.25, 0.3) is 0 Å². The summed E-state index contributed by atoms with van der Waals surface area (Å²) in [5.41, 5.74) is 0. The first kappa shape index (κ1) is 12.6. The molecule has 1 aliphatic heterocycles. The molecule has 4 heteroatoms. The molecule has 0 saturated carbocycles. The van der Waals surface area contributed by atoms with Crippen LogP contribution in [-0.4, -0.2) is 60.1 Å². The van der Waals surface area contributed by atoms with Crippen molar-refractivity contribution in [1.29, 1.82) is 0 Å². The number of aliphatic hydroxyl groups is 1. The van der Waals surface area contributed by atoms with Gasteiger partial charge in [0.05, 0.1) is 6.61 Å². The van der Waals surface area contributed by atoms with E-state index in [-0.39, 0.29) is 12.5 Å². The Balaban J connectivity index is 1.83. The Morgan fingerprint density at radius 3 is 2.65 bits per heavy atom. The summed E-state index contributed by atoms with van der Waals surface area (Å²) in [6.07, 6.45) is 7.06. The van der Waals surface area contributed by atoms with Crippen LogP contribution in [-0.2, 0) is 4.79 Å². The van der Waals surface area contributed by atoms with Crippen LogP contribution in [0, 0.1) is 5.92 Å². The summed E-state index contributed by atoms with van der Waals surface area (Å²) >= 11 is 0. The summed E-state index contributed by atoms with van der Waals surface area (Å²) in [7, 11) is 0. The molecule has 2 rings (SSSR count). The standard InChI is InChI=1S/C13H22N2O2/c16-11-10-14-6-3-7-15(9-8-14)13(17)12-4-1-2-5-12/h1-2,12,16H,3-11H2. The number of carbonyl (C=O) groups is 1. The number of hydrogen-bond acceptors (Lipinski definition) is 3. The maximum Gasteiger partial charge on any atom is 0.226 e. The van der Waals surface area contributed by atoms with Gasteiger partial charge < -0.3 is 10.0 Å². The maximum atomic E-state index is 12.2. The average molecular weight is 238 g/mol. The zero-order valence-corrected chi connectivity index (χ0v) is 10.3. The molecule has 0 bridgehead atoms. The van der Waals surface area contributed by atoms with E-state index in [0.717, 1.165) is 52.0 Å². The molecule has 0 spiro atoms. The zero-order chi connectivity index (χ0) is 12.1. The van der Waals surface area contributed by atoms with E-state index in [2.05, 4.69) is 17.1 Å². The minimum absolute atomic E-state index is 0.194. The lowest BCUT2D eigenvalue weighted by molar-refractivity contribution is -0.135. The van der Waals surface area contributed by atoms with E-state index < -0.39 is 0 Å². The summed E-state index contributed by atoms with van der Waals surface area (Å²) in [6.45, 7) is 4.51. The van der Waals surface area contributed by atoms with Crippen molar-refractivity contribution < 1.29 is 9.90 Å². The van der Waals surface area contributed by atoms with Gasteiger partial charge in [-0.2, -0.15) is 0 Å². The minimum atomic E-state index is 0.194. The minimum Gasteiger partial charge on any atom is -0.395 e. The SMILES string of the molecule is O=C(C1CC=CC1)N1CCCN(CCO)CC1. The van der Waals surface area contributed by atoms with Crippen LogP contribution in [0.3, 0.4) is 0 Å². The van der Waals surface area contributed by atoms with Crippen molar-refractivity contribution in [2.24, 2.45) is 5.92 Å². The molecular formula is C13H22N2O2. The molecule has 0 aromatic carbocycles. The van der Waals surface area contributed by atoms with E-state index in [4.69, 9.17) is 5.11 Å². The second-order valence-electron chi connectivity index (χ2n) is 4.88. The van der Waals surface area contributed by atoms with E-state index in [1.54, 1.807) is 0 Å². The average Bonchev–Trinajstić information content (AvgIpc) is 2.76. The van der Waals surface area contributed by atoms with Crippen LogP contribution in [0.2, 0.25) is 0 Å². The zero-order valence-electron chi connectivity index (χ0n) is 10.3. The second kappa shape index (κ2) is 6.17. The summed E-state index contributed by atoms with van der Waals surface area (Å²) in [5.74, 6) is 0.514. The van der Waals surface area contributed by atoms with Crippen LogP contribution in [0.25, 0.3) is 0 Å². The normalized spacial score (nSPS) is 23.0. The molecule has 0 aromatic rings. The third-order valence-electron chi connectivity index (χ3n) is 3.67. The fourth-order valence-electron chi connectivity index (χ4n) is 2.63. The Morgan fingerprint density at radius 2 is 1.94 bits per heavy atom. The van der Waals surface area contributed by atoms with Crippen LogP contribution in [0.4, 0.5) is 0 Å². The van der Waals surface area contributed by atoms with Crippen molar-refractivity contribution in [3.63, 3.8) is 0 Å². The second-order valence-corrected chi connectivity index (χ2v) is 4.88. The predicted molar refractivity (Wildman–Crippen MR) is 66.6 cm³/mol. The van der Waals surface area contributed by atoms with Crippen molar-refractivity contribution in [3.8, 4) is 0 Å². The van der Waals surface area contributed by atoms with E-state index in [0.29, 0.717) is 5.91 Å². The Hall–Kier alpha value is -0.870. The number of β-amino-alcohol motifs (C(OH)–C–C–N with tert-alkyl or cyclic N) is 1. The molecule has 2 aliphatic rings. The van der Waals surface area contributed by atoms with Gasteiger partial charge in [0, 0.05) is 32.1 Å². The molecule has 1 N–H and O–H groups in total. The number of allylic oxidation sites excluding steroid dienone is 2. The Kier molecular flexibility index (Phi) is 4.57. The highest BCUT2D eigenvalue weighted by Crippen LogP contribution is 2.21. The summed E-state index contributed by atoms with van der Waals surface area (Å²) < 4.78 is 0. The molecule has 0 aromatic heterocycles. The number of aliphatic hydroxyl groups excluding tert-OH is 1. The number of nitrogens with zero attached hydrogens (tertiary/aromatic N) is 2. The molecule has 0 atom stereocenters. The van der Waals surface area contributed by atoms with Gasteiger partial charge in [0.15, 0.2) is 0 Å². The van der Waals surface area contributed by atoms with E-state index in [9.17, 15) is 4.79 Å². The van der Waals surface area contributed by atoms with Gasteiger partial charge in [-0.15, -0.1) is 0 Å². The molecule has 1 aliphatic carbocycles. The predicted octanol–water partition coefficient (Wildman–Crippen LogP) is 0.479. The van der Waals surface area contributed by atoms with Crippen LogP contribution >= 0.6 is 0 Å². The first-order valence-electron chi connectivity index (χ1n) is 6.58. The number of amides is 1. The van der Waals surface area contributed by atoms with E-state index in [1.165, 1.54) is 0 Å². The number of carbonyl (C=O) groups excluding carboxylic acids is 1. The van der Waals surface area contributed by atoms with Crippen molar-refractivity contribution >= 4 is 5.91 Å². The van der Waals surface area contributed by atoms with Gasteiger partial charge in [-0.05, 0) is 25.8 Å². The summed E-state index contributed by atoms with van der Waals surface area (Å²) in [4.78, 5) is 16.5. The van der Waals surface area contributed by atoms with Crippen molar-refractivity contribution in [2.75, 3.05) is 39.3 Å². The fraction of sp³-hybridized carbons (Fsp3) is 0.769. The smallest absolute Gasteiger partial charge is 0.226 e. The Labute approximate surface area is 103 Å². The van der Waals surface area contributed by atoms with Crippen molar-refractivity contribution in [2.45, 2.75) is 19.3 Å². The summed E-state index contributed by atoms with van der Waals surface area (Å²) in [5, 5.41) is 8.93. The lowest BCUT2D eigenvalue weighted by Crippen LogP contribution is -2.38. The third kappa shape index (κ3) is 3.30. The molecule has 1 amide bonds. The molecule has 96 valence electrons. The number of rotatable bonds is 3. The van der Waals surface area contributed by atoms with Gasteiger partial charge in [-0.25, -0.2) is 0 Å². The lowest BCUT2D eigenvalue weighted by Gasteiger charge is -2.24.